The molecule has 5 nitrogen and oxygen atoms in total. The Hall–Kier alpha value is -1.07. The van der Waals surface area contributed by atoms with Gasteiger partial charge in [-0.05, 0) is 31.7 Å². The van der Waals surface area contributed by atoms with Gasteiger partial charge in [-0.1, -0.05) is 18.5 Å². The number of hydrogen-bond donors (Lipinski definition) is 1. The Kier molecular flexibility index (Phi) is 4.82. The van der Waals surface area contributed by atoms with Crippen LogP contribution in [0.15, 0.2) is 11.0 Å². The van der Waals surface area contributed by atoms with Crippen LogP contribution in [0.4, 0.5) is 5.69 Å². The van der Waals surface area contributed by atoms with Crippen LogP contribution < -0.4 is 16.2 Å². The molecule has 2 rings (SSSR count). The standard InChI is InChI=1S/C13H21ClN4O/c1-2-5-18-13(19)12(14)11(8-16-18)17-6-3-4-10(7-15)9-17/h8,10H,2-7,9,15H2,1H3. The molecule has 6 heteroatoms. The van der Waals surface area contributed by atoms with Gasteiger partial charge in [0.15, 0.2) is 0 Å². The normalized spacial score (nSPS) is 19.7. The van der Waals surface area contributed by atoms with Gasteiger partial charge in [0.25, 0.3) is 5.56 Å². The highest BCUT2D eigenvalue weighted by Gasteiger charge is 2.22. The minimum atomic E-state index is -0.198. The van der Waals surface area contributed by atoms with Gasteiger partial charge >= 0.3 is 0 Å². The van der Waals surface area contributed by atoms with Crippen LogP contribution >= 0.6 is 11.6 Å². The van der Waals surface area contributed by atoms with Gasteiger partial charge in [0.2, 0.25) is 0 Å². The third-order valence-corrected chi connectivity index (χ3v) is 3.95. The molecular weight excluding hydrogens is 264 g/mol. The molecule has 0 bridgehead atoms. The molecule has 1 aromatic heterocycles. The number of halogens is 1. The van der Waals surface area contributed by atoms with E-state index < -0.39 is 0 Å². The Morgan fingerprint density at radius 1 is 1.58 bits per heavy atom. The van der Waals surface area contributed by atoms with Gasteiger partial charge in [0.1, 0.15) is 5.02 Å². The molecule has 1 aliphatic rings. The van der Waals surface area contributed by atoms with Crippen LogP contribution in [0.5, 0.6) is 0 Å². The van der Waals surface area contributed by atoms with E-state index in [9.17, 15) is 4.79 Å². The van der Waals surface area contributed by atoms with E-state index in [1.165, 1.54) is 4.68 Å². The number of aryl methyl sites for hydroxylation is 1. The molecule has 0 spiro atoms. The zero-order valence-corrected chi connectivity index (χ0v) is 12.1. The number of hydrogen-bond acceptors (Lipinski definition) is 4. The van der Waals surface area contributed by atoms with Crippen LogP contribution in [0.2, 0.25) is 5.02 Å². The number of nitrogens with two attached hydrogens (primary N) is 1. The summed E-state index contributed by atoms with van der Waals surface area (Å²) < 4.78 is 1.43. The molecule has 0 radical (unpaired) electrons. The Bertz CT molecular complexity index is 488. The molecule has 1 fully saturated rings. The van der Waals surface area contributed by atoms with Gasteiger partial charge < -0.3 is 10.6 Å². The molecule has 1 saturated heterocycles. The summed E-state index contributed by atoms with van der Waals surface area (Å²) in [5, 5.41) is 4.48. The lowest BCUT2D eigenvalue weighted by Crippen LogP contribution is -2.39. The molecule has 2 N–H and O–H groups in total. The van der Waals surface area contributed by atoms with E-state index in [-0.39, 0.29) is 10.6 Å². The minimum absolute atomic E-state index is 0.198. The molecule has 0 amide bonds. The fourth-order valence-electron chi connectivity index (χ4n) is 2.52. The van der Waals surface area contributed by atoms with Crippen LogP contribution in [-0.4, -0.2) is 29.4 Å². The summed E-state index contributed by atoms with van der Waals surface area (Å²) in [6.45, 7) is 5.05. The van der Waals surface area contributed by atoms with Crippen molar-refractivity contribution in [2.24, 2.45) is 11.7 Å². The molecule has 1 atom stereocenters. The maximum atomic E-state index is 12.1. The van der Waals surface area contributed by atoms with Crippen molar-refractivity contribution in [3.8, 4) is 0 Å². The van der Waals surface area contributed by atoms with Crippen LogP contribution in [-0.2, 0) is 6.54 Å². The highest BCUT2D eigenvalue weighted by Crippen LogP contribution is 2.26. The molecular formula is C13H21ClN4O. The van der Waals surface area contributed by atoms with E-state index >= 15 is 0 Å². The zero-order chi connectivity index (χ0) is 13.8. The average molecular weight is 285 g/mol. The summed E-state index contributed by atoms with van der Waals surface area (Å²) in [6, 6.07) is 0. The summed E-state index contributed by atoms with van der Waals surface area (Å²) in [5.74, 6) is 0.475. The van der Waals surface area contributed by atoms with Crippen molar-refractivity contribution in [2.75, 3.05) is 24.5 Å². The Labute approximate surface area is 118 Å². The van der Waals surface area contributed by atoms with Crippen LogP contribution in [0.1, 0.15) is 26.2 Å². The SMILES string of the molecule is CCCn1ncc(N2CCCC(CN)C2)c(Cl)c1=O. The zero-order valence-electron chi connectivity index (χ0n) is 11.3. The fraction of sp³-hybridized carbons (Fsp3) is 0.692. The predicted molar refractivity (Wildman–Crippen MR) is 77.8 cm³/mol. The summed E-state index contributed by atoms with van der Waals surface area (Å²) >= 11 is 6.21. The van der Waals surface area contributed by atoms with E-state index in [1.54, 1.807) is 6.20 Å². The first kappa shape index (κ1) is 14.3. The van der Waals surface area contributed by atoms with Crippen molar-refractivity contribution in [3.63, 3.8) is 0 Å². The molecule has 1 aliphatic heterocycles. The fourth-order valence-corrected chi connectivity index (χ4v) is 2.79. The molecule has 0 saturated carbocycles. The Morgan fingerprint density at radius 2 is 2.37 bits per heavy atom. The lowest BCUT2D eigenvalue weighted by Gasteiger charge is -2.34. The molecule has 2 heterocycles. The molecule has 1 unspecified atom stereocenters. The summed E-state index contributed by atoms with van der Waals surface area (Å²) in [5.41, 5.74) is 6.28. The lowest BCUT2D eigenvalue weighted by atomic mass is 9.98. The minimum Gasteiger partial charge on any atom is -0.369 e. The van der Waals surface area contributed by atoms with Crippen molar-refractivity contribution >= 4 is 17.3 Å². The molecule has 19 heavy (non-hydrogen) atoms. The second-order valence-electron chi connectivity index (χ2n) is 5.06. The van der Waals surface area contributed by atoms with Crippen LogP contribution in [0, 0.1) is 5.92 Å². The van der Waals surface area contributed by atoms with Crippen molar-refractivity contribution < 1.29 is 0 Å². The van der Waals surface area contributed by atoms with Gasteiger partial charge in [-0.3, -0.25) is 4.79 Å². The predicted octanol–water partition coefficient (Wildman–Crippen LogP) is 1.48. The first-order valence-electron chi connectivity index (χ1n) is 6.88. The van der Waals surface area contributed by atoms with Gasteiger partial charge in [0, 0.05) is 19.6 Å². The maximum absolute atomic E-state index is 12.1. The number of rotatable bonds is 4. The van der Waals surface area contributed by atoms with E-state index in [0.717, 1.165) is 38.0 Å². The van der Waals surface area contributed by atoms with Crippen molar-refractivity contribution in [1.82, 2.24) is 9.78 Å². The summed E-state index contributed by atoms with van der Waals surface area (Å²) in [7, 11) is 0. The largest absolute Gasteiger partial charge is 0.369 e. The summed E-state index contributed by atoms with van der Waals surface area (Å²) in [6.07, 6.45) is 4.79. The highest BCUT2D eigenvalue weighted by atomic mass is 35.5. The number of piperidine rings is 1. The van der Waals surface area contributed by atoms with E-state index in [2.05, 4.69) is 10.00 Å². The topological polar surface area (TPSA) is 64.2 Å². The van der Waals surface area contributed by atoms with Crippen LogP contribution in [0.25, 0.3) is 0 Å². The first-order chi connectivity index (χ1) is 9.17. The van der Waals surface area contributed by atoms with Crippen molar-refractivity contribution in [3.05, 3.63) is 21.6 Å². The van der Waals surface area contributed by atoms with Gasteiger partial charge in [-0.15, -0.1) is 0 Å². The monoisotopic (exact) mass is 284 g/mol. The van der Waals surface area contributed by atoms with Crippen molar-refractivity contribution in [1.29, 1.82) is 0 Å². The Morgan fingerprint density at radius 3 is 3.05 bits per heavy atom. The van der Waals surface area contributed by atoms with E-state index in [4.69, 9.17) is 17.3 Å². The smallest absolute Gasteiger partial charge is 0.287 e. The first-order valence-corrected chi connectivity index (χ1v) is 7.25. The summed E-state index contributed by atoms with van der Waals surface area (Å²) in [4.78, 5) is 14.2. The maximum Gasteiger partial charge on any atom is 0.287 e. The average Bonchev–Trinajstić information content (AvgIpc) is 2.44. The second-order valence-corrected chi connectivity index (χ2v) is 5.44. The van der Waals surface area contributed by atoms with Gasteiger partial charge in [-0.25, -0.2) is 4.68 Å². The number of nitrogens with zero attached hydrogens (tertiary/aromatic N) is 3. The van der Waals surface area contributed by atoms with Gasteiger partial charge in [-0.2, -0.15) is 5.10 Å². The van der Waals surface area contributed by atoms with Crippen LogP contribution in [0.3, 0.4) is 0 Å². The Balaban J connectivity index is 2.25. The van der Waals surface area contributed by atoms with E-state index in [1.807, 2.05) is 6.92 Å². The quantitative estimate of drug-likeness (QED) is 0.910. The third-order valence-electron chi connectivity index (χ3n) is 3.59. The van der Waals surface area contributed by atoms with E-state index in [0.29, 0.717) is 19.0 Å². The number of aromatic nitrogens is 2. The molecule has 106 valence electrons. The molecule has 1 aromatic rings. The van der Waals surface area contributed by atoms with Crippen molar-refractivity contribution in [2.45, 2.75) is 32.7 Å². The highest BCUT2D eigenvalue weighted by molar-refractivity contribution is 6.33. The number of anilines is 1. The second kappa shape index (κ2) is 6.39. The van der Waals surface area contributed by atoms with Gasteiger partial charge in [0.05, 0.1) is 11.9 Å². The molecule has 0 aromatic carbocycles. The lowest BCUT2D eigenvalue weighted by molar-refractivity contribution is 0.422. The third kappa shape index (κ3) is 3.09. The molecule has 0 aliphatic carbocycles.